The van der Waals surface area contributed by atoms with Crippen LogP contribution in [0.5, 0.6) is 0 Å². The Bertz CT molecular complexity index is 698. The van der Waals surface area contributed by atoms with Gasteiger partial charge in [-0.3, -0.25) is 9.69 Å². The number of aromatic nitrogens is 3. The summed E-state index contributed by atoms with van der Waals surface area (Å²) in [7, 11) is 2.00. The van der Waals surface area contributed by atoms with Crippen molar-refractivity contribution in [3.05, 3.63) is 36.2 Å². The topological polar surface area (TPSA) is 85.4 Å². The minimum Gasteiger partial charge on any atom is -0.374 e. The van der Waals surface area contributed by atoms with E-state index in [4.69, 9.17) is 9.26 Å². The van der Waals surface area contributed by atoms with Crippen molar-refractivity contribution in [2.45, 2.75) is 37.6 Å². The summed E-state index contributed by atoms with van der Waals surface area (Å²) in [5.41, 5.74) is 0. The molecule has 0 unspecified atom stereocenters. The van der Waals surface area contributed by atoms with E-state index in [-0.39, 0.29) is 23.8 Å². The predicted octanol–water partition coefficient (Wildman–Crippen LogP) is 0.570. The molecule has 0 radical (unpaired) electrons. The van der Waals surface area contributed by atoms with Gasteiger partial charge >= 0.3 is 0 Å². The third-order valence-electron chi connectivity index (χ3n) is 4.87. The average Bonchev–Trinajstić information content (AvgIpc) is 3.31. The second-order valence-electron chi connectivity index (χ2n) is 6.39. The van der Waals surface area contributed by atoms with Crippen LogP contribution >= 0.6 is 0 Å². The third-order valence-corrected chi connectivity index (χ3v) is 4.87. The molecule has 2 aliphatic rings. The van der Waals surface area contributed by atoms with Crippen LogP contribution in [-0.2, 0) is 18.3 Å². The molecule has 0 bridgehead atoms. The number of hydrogen-bond donors (Lipinski definition) is 1. The van der Waals surface area contributed by atoms with Gasteiger partial charge in [0.25, 0.3) is 5.91 Å². The first-order valence-electron chi connectivity index (χ1n) is 8.26. The highest BCUT2D eigenvalue weighted by Crippen LogP contribution is 2.30. The van der Waals surface area contributed by atoms with E-state index in [1.807, 2.05) is 24.0 Å². The molecule has 0 spiro atoms. The smallest absolute Gasteiger partial charge is 0.290 e. The SMILES string of the molecule is Cn1ccnc1CN1C[C@H](NC(=O)c2ccno2)[C@@H]2OCCC[C@@H]21. The van der Waals surface area contributed by atoms with Gasteiger partial charge in [-0.1, -0.05) is 5.16 Å². The van der Waals surface area contributed by atoms with E-state index in [0.717, 1.165) is 38.4 Å². The normalized spacial score (nSPS) is 27.1. The molecule has 4 rings (SSSR count). The van der Waals surface area contributed by atoms with E-state index in [1.54, 1.807) is 6.07 Å². The van der Waals surface area contributed by atoms with Crippen molar-refractivity contribution >= 4 is 5.91 Å². The number of ether oxygens (including phenoxy) is 1. The molecule has 24 heavy (non-hydrogen) atoms. The number of nitrogens with one attached hydrogen (secondary N) is 1. The van der Waals surface area contributed by atoms with Gasteiger partial charge in [0.05, 0.1) is 24.9 Å². The second-order valence-corrected chi connectivity index (χ2v) is 6.39. The molecule has 4 heterocycles. The maximum atomic E-state index is 12.3. The van der Waals surface area contributed by atoms with Crippen LogP contribution in [0.3, 0.4) is 0 Å². The Balaban J connectivity index is 1.48. The van der Waals surface area contributed by atoms with Crippen molar-refractivity contribution in [1.29, 1.82) is 0 Å². The fourth-order valence-corrected chi connectivity index (χ4v) is 3.67. The molecule has 3 atom stereocenters. The summed E-state index contributed by atoms with van der Waals surface area (Å²) < 4.78 is 12.9. The number of aryl methyl sites for hydroxylation is 1. The number of hydrogen-bond acceptors (Lipinski definition) is 6. The van der Waals surface area contributed by atoms with E-state index in [1.165, 1.54) is 6.20 Å². The number of fused-ring (bicyclic) bond motifs is 1. The minimum atomic E-state index is -0.246. The molecule has 2 aromatic rings. The average molecular weight is 331 g/mol. The molecule has 8 nitrogen and oxygen atoms in total. The summed E-state index contributed by atoms with van der Waals surface area (Å²) in [6.45, 7) is 2.23. The van der Waals surface area contributed by atoms with Crippen LogP contribution in [-0.4, -0.2) is 56.9 Å². The first kappa shape index (κ1) is 15.3. The number of imidazole rings is 1. The lowest BCUT2D eigenvalue weighted by molar-refractivity contribution is -0.0216. The highest BCUT2D eigenvalue weighted by atomic mass is 16.5. The molecule has 0 aliphatic carbocycles. The third kappa shape index (κ3) is 2.83. The van der Waals surface area contributed by atoms with Crippen LogP contribution in [0.4, 0.5) is 0 Å². The Kier molecular flexibility index (Phi) is 4.07. The maximum absolute atomic E-state index is 12.3. The Morgan fingerprint density at radius 3 is 3.12 bits per heavy atom. The molecule has 2 aromatic heterocycles. The summed E-state index contributed by atoms with van der Waals surface area (Å²) in [6, 6.07) is 1.80. The summed E-state index contributed by atoms with van der Waals surface area (Å²) in [5, 5.41) is 6.62. The van der Waals surface area contributed by atoms with Crippen LogP contribution in [0.25, 0.3) is 0 Å². The Hall–Kier alpha value is -2.19. The summed E-state index contributed by atoms with van der Waals surface area (Å²) in [5.74, 6) is 0.996. The molecule has 1 N–H and O–H groups in total. The number of rotatable bonds is 4. The number of likely N-dealkylation sites (tertiary alicyclic amines) is 1. The molecule has 1 amide bonds. The first-order valence-corrected chi connectivity index (χ1v) is 8.26. The monoisotopic (exact) mass is 331 g/mol. The lowest BCUT2D eigenvalue weighted by Crippen LogP contribution is -2.47. The van der Waals surface area contributed by atoms with Crippen LogP contribution in [0, 0.1) is 0 Å². The van der Waals surface area contributed by atoms with Gasteiger partial charge in [0.15, 0.2) is 0 Å². The van der Waals surface area contributed by atoms with Crippen LogP contribution in [0.2, 0.25) is 0 Å². The van der Waals surface area contributed by atoms with Gasteiger partial charge in [0.2, 0.25) is 5.76 Å². The molecule has 128 valence electrons. The van der Waals surface area contributed by atoms with Crippen LogP contribution in [0.15, 0.2) is 29.2 Å². The van der Waals surface area contributed by atoms with Crippen LogP contribution < -0.4 is 5.32 Å². The van der Waals surface area contributed by atoms with Crippen molar-refractivity contribution in [3.63, 3.8) is 0 Å². The van der Waals surface area contributed by atoms with E-state index in [0.29, 0.717) is 6.04 Å². The quantitative estimate of drug-likeness (QED) is 0.882. The van der Waals surface area contributed by atoms with Gasteiger partial charge in [-0.2, -0.15) is 0 Å². The lowest BCUT2D eigenvalue weighted by Gasteiger charge is -2.32. The van der Waals surface area contributed by atoms with Crippen molar-refractivity contribution in [2.24, 2.45) is 7.05 Å². The predicted molar refractivity (Wildman–Crippen MR) is 84.1 cm³/mol. The van der Waals surface area contributed by atoms with Crippen molar-refractivity contribution in [1.82, 2.24) is 24.9 Å². The molecular formula is C16H21N5O3. The van der Waals surface area contributed by atoms with E-state index < -0.39 is 0 Å². The fraction of sp³-hybridized carbons (Fsp3) is 0.562. The lowest BCUT2D eigenvalue weighted by atomic mass is 10.0. The Labute approximate surface area is 139 Å². The number of carbonyl (C=O) groups excluding carboxylic acids is 1. The molecule has 0 saturated carbocycles. The van der Waals surface area contributed by atoms with Gasteiger partial charge in [0.1, 0.15) is 5.82 Å². The number of amides is 1. The minimum absolute atomic E-state index is 0.00545. The van der Waals surface area contributed by atoms with Gasteiger partial charge in [-0.15, -0.1) is 0 Å². The Morgan fingerprint density at radius 1 is 1.46 bits per heavy atom. The molecular weight excluding hydrogens is 310 g/mol. The van der Waals surface area contributed by atoms with E-state index >= 15 is 0 Å². The van der Waals surface area contributed by atoms with E-state index in [9.17, 15) is 4.79 Å². The molecule has 0 aromatic carbocycles. The van der Waals surface area contributed by atoms with Gasteiger partial charge < -0.3 is 19.1 Å². The van der Waals surface area contributed by atoms with Gasteiger partial charge in [0, 0.05) is 44.7 Å². The fourth-order valence-electron chi connectivity index (χ4n) is 3.67. The van der Waals surface area contributed by atoms with Gasteiger partial charge in [-0.25, -0.2) is 4.98 Å². The zero-order valence-corrected chi connectivity index (χ0v) is 13.6. The first-order chi connectivity index (χ1) is 11.7. The molecule has 8 heteroatoms. The summed E-state index contributed by atoms with van der Waals surface area (Å²) >= 11 is 0. The summed E-state index contributed by atoms with van der Waals surface area (Å²) in [4.78, 5) is 19.1. The molecule has 2 saturated heterocycles. The van der Waals surface area contributed by atoms with Crippen molar-refractivity contribution in [2.75, 3.05) is 13.2 Å². The maximum Gasteiger partial charge on any atom is 0.290 e. The zero-order valence-electron chi connectivity index (χ0n) is 13.6. The zero-order chi connectivity index (χ0) is 16.5. The van der Waals surface area contributed by atoms with Crippen molar-refractivity contribution in [3.8, 4) is 0 Å². The summed E-state index contributed by atoms with van der Waals surface area (Å²) in [6.07, 6.45) is 7.35. The second kappa shape index (κ2) is 6.37. The standard InChI is InChI=1S/C16H21N5O3/c1-20-7-6-17-14(20)10-21-9-11(15-12(21)3-2-8-23-15)19-16(22)13-4-5-18-24-13/h4-7,11-12,15H,2-3,8-10H2,1H3,(H,19,22)/t11-,12-,15-/m0/s1. The van der Waals surface area contributed by atoms with Crippen LogP contribution in [0.1, 0.15) is 29.2 Å². The number of carbonyl (C=O) groups is 1. The number of nitrogens with zero attached hydrogens (tertiary/aromatic N) is 4. The van der Waals surface area contributed by atoms with Gasteiger partial charge in [-0.05, 0) is 12.8 Å². The highest BCUT2D eigenvalue weighted by molar-refractivity contribution is 5.91. The highest BCUT2D eigenvalue weighted by Gasteiger charge is 2.45. The largest absolute Gasteiger partial charge is 0.374 e. The van der Waals surface area contributed by atoms with Crippen molar-refractivity contribution < 1.29 is 14.1 Å². The molecule has 2 aliphatic heterocycles. The van der Waals surface area contributed by atoms with E-state index in [2.05, 4.69) is 20.4 Å². The molecule has 2 fully saturated rings. The Morgan fingerprint density at radius 2 is 2.38 bits per heavy atom.